The number of hydrogen-bond donors (Lipinski definition) is 1. The van der Waals surface area contributed by atoms with Crippen LogP contribution >= 0.6 is 33.8 Å². The van der Waals surface area contributed by atoms with E-state index >= 15 is 0 Å². The van der Waals surface area contributed by atoms with Crippen molar-refractivity contribution in [1.82, 2.24) is 4.98 Å². The third-order valence-electron chi connectivity index (χ3n) is 2.25. The highest BCUT2D eigenvalue weighted by molar-refractivity contribution is 8.68. The third-order valence-corrected chi connectivity index (χ3v) is 5.11. The standard InChI is InChI=1S/C10H11NS3/c1-10(2,14-12)7-3-4-8-9(5-7)13-6-11-8/h3-6,12H,1-2H3. The molecule has 74 valence electrons. The van der Waals surface area contributed by atoms with Gasteiger partial charge in [0.05, 0.1) is 15.7 Å². The highest BCUT2D eigenvalue weighted by Crippen LogP contribution is 2.39. The van der Waals surface area contributed by atoms with Gasteiger partial charge in [-0.05, 0) is 31.5 Å². The van der Waals surface area contributed by atoms with Crippen molar-refractivity contribution in [3.63, 3.8) is 0 Å². The number of hydrogen-bond acceptors (Lipinski definition) is 4. The second kappa shape index (κ2) is 3.76. The van der Waals surface area contributed by atoms with Crippen molar-refractivity contribution in [3.05, 3.63) is 29.3 Å². The van der Waals surface area contributed by atoms with Crippen LogP contribution in [0, 0.1) is 0 Å². The monoisotopic (exact) mass is 241 g/mol. The number of thiazole rings is 1. The van der Waals surface area contributed by atoms with Crippen LogP contribution in [0.2, 0.25) is 0 Å². The van der Waals surface area contributed by atoms with E-state index in [1.807, 2.05) is 5.51 Å². The fourth-order valence-corrected chi connectivity index (χ4v) is 2.55. The first kappa shape index (κ1) is 10.3. The molecule has 1 aromatic carbocycles. The van der Waals surface area contributed by atoms with Crippen molar-refractivity contribution in [2.75, 3.05) is 0 Å². The molecule has 14 heavy (non-hydrogen) atoms. The highest BCUT2D eigenvalue weighted by Gasteiger charge is 2.19. The fraction of sp³-hybridized carbons (Fsp3) is 0.300. The van der Waals surface area contributed by atoms with Gasteiger partial charge in [0.2, 0.25) is 0 Å². The van der Waals surface area contributed by atoms with Gasteiger partial charge >= 0.3 is 0 Å². The maximum Gasteiger partial charge on any atom is 0.0812 e. The number of aromatic nitrogens is 1. The Morgan fingerprint density at radius 2 is 2.21 bits per heavy atom. The third kappa shape index (κ3) is 1.78. The van der Waals surface area contributed by atoms with Gasteiger partial charge in [-0.25, -0.2) is 4.98 Å². The van der Waals surface area contributed by atoms with Crippen molar-refractivity contribution >= 4 is 44.0 Å². The van der Waals surface area contributed by atoms with E-state index in [2.05, 4.69) is 48.7 Å². The SMILES string of the molecule is CC(C)(SS)c1ccc2ncsc2c1. The number of benzene rings is 1. The minimum atomic E-state index is 0.0568. The largest absolute Gasteiger partial charge is 0.245 e. The van der Waals surface area contributed by atoms with E-state index in [0.717, 1.165) is 5.52 Å². The van der Waals surface area contributed by atoms with Gasteiger partial charge in [-0.2, -0.15) is 0 Å². The molecule has 0 spiro atoms. The van der Waals surface area contributed by atoms with E-state index < -0.39 is 0 Å². The molecule has 0 bridgehead atoms. The lowest BCUT2D eigenvalue weighted by Crippen LogP contribution is -2.09. The van der Waals surface area contributed by atoms with Crippen LogP contribution < -0.4 is 0 Å². The molecule has 0 fully saturated rings. The normalized spacial score (nSPS) is 12.2. The first-order valence-corrected chi connectivity index (χ1v) is 7.04. The maximum atomic E-state index is 4.30. The summed E-state index contributed by atoms with van der Waals surface area (Å²) in [6.07, 6.45) is 0. The lowest BCUT2D eigenvalue weighted by atomic mass is 10.0. The van der Waals surface area contributed by atoms with Gasteiger partial charge in [-0.15, -0.1) is 23.0 Å². The molecule has 1 aromatic heterocycles. The van der Waals surface area contributed by atoms with Gasteiger partial charge in [0.15, 0.2) is 0 Å². The van der Waals surface area contributed by atoms with Crippen LogP contribution in [0.25, 0.3) is 10.2 Å². The predicted octanol–water partition coefficient (Wildman–Crippen LogP) is 4.11. The molecule has 2 rings (SSSR count). The van der Waals surface area contributed by atoms with Crippen LogP contribution in [-0.4, -0.2) is 4.98 Å². The van der Waals surface area contributed by atoms with Gasteiger partial charge in [-0.1, -0.05) is 16.9 Å². The minimum Gasteiger partial charge on any atom is -0.245 e. The molecule has 1 nitrogen and oxygen atoms in total. The zero-order chi connectivity index (χ0) is 10.2. The van der Waals surface area contributed by atoms with E-state index in [1.165, 1.54) is 10.3 Å². The van der Waals surface area contributed by atoms with Crippen molar-refractivity contribution in [2.45, 2.75) is 18.6 Å². The summed E-state index contributed by atoms with van der Waals surface area (Å²) in [5.74, 6) is 0. The molecule has 0 N–H and O–H groups in total. The zero-order valence-corrected chi connectivity index (χ0v) is 10.5. The molecule has 4 heteroatoms. The Hall–Kier alpha value is -0.190. The lowest BCUT2D eigenvalue weighted by Gasteiger charge is -2.21. The van der Waals surface area contributed by atoms with E-state index in [9.17, 15) is 0 Å². The van der Waals surface area contributed by atoms with Gasteiger partial charge < -0.3 is 0 Å². The molecule has 0 amide bonds. The Morgan fingerprint density at radius 3 is 2.93 bits per heavy atom. The molecule has 2 aromatic rings. The van der Waals surface area contributed by atoms with E-state index in [4.69, 9.17) is 0 Å². The van der Waals surface area contributed by atoms with E-state index in [0.29, 0.717) is 0 Å². The Labute approximate surface area is 96.7 Å². The Morgan fingerprint density at radius 1 is 1.43 bits per heavy atom. The quantitative estimate of drug-likeness (QED) is 0.627. The summed E-state index contributed by atoms with van der Waals surface area (Å²) in [6.45, 7) is 4.35. The first-order valence-electron chi connectivity index (χ1n) is 4.30. The topological polar surface area (TPSA) is 12.9 Å². The second-order valence-electron chi connectivity index (χ2n) is 3.64. The van der Waals surface area contributed by atoms with Gasteiger partial charge in [0.1, 0.15) is 0 Å². The summed E-state index contributed by atoms with van der Waals surface area (Å²) in [7, 11) is 1.57. The molecule has 0 aliphatic heterocycles. The molecule has 0 aliphatic carbocycles. The van der Waals surface area contributed by atoms with Crippen LogP contribution in [0.4, 0.5) is 0 Å². The van der Waals surface area contributed by atoms with Gasteiger partial charge in [-0.3, -0.25) is 0 Å². The van der Waals surface area contributed by atoms with Crippen molar-refractivity contribution < 1.29 is 0 Å². The summed E-state index contributed by atoms with van der Waals surface area (Å²) >= 11 is 5.98. The van der Waals surface area contributed by atoms with Crippen LogP contribution in [0.1, 0.15) is 19.4 Å². The van der Waals surface area contributed by atoms with Crippen LogP contribution in [-0.2, 0) is 4.75 Å². The number of rotatable bonds is 2. The van der Waals surface area contributed by atoms with Crippen LogP contribution in [0.3, 0.4) is 0 Å². The molecule has 1 heterocycles. The Bertz CT molecular complexity index is 447. The highest BCUT2D eigenvalue weighted by atomic mass is 33.1. The summed E-state index contributed by atoms with van der Waals surface area (Å²) in [5, 5.41) is 0. The number of thiol groups is 1. The van der Waals surface area contributed by atoms with Crippen molar-refractivity contribution in [2.24, 2.45) is 0 Å². The smallest absolute Gasteiger partial charge is 0.0812 e. The average molecular weight is 241 g/mol. The fourth-order valence-electron chi connectivity index (χ4n) is 1.28. The molecule has 0 saturated heterocycles. The molecule has 0 saturated carbocycles. The first-order chi connectivity index (χ1) is 6.63. The maximum absolute atomic E-state index is 4.30. The number of fused-ring (bicyclic) bond motifs is 1. The van der Waals surface area contributed by atoms with Crippen LogP contribution in [0.15, 0.2) is 23.7 Å². The molecule has 0 aliphatic rings. The van der Waals surface area contributed by atoms with Crippen molar-refractivity contribution in [1.29, 1.82) is 0 Å². The zero-order valence-electron chi connectivity index (χ0n) is 8.02. The molecule has 0 radical (unpaired) electrons. The Balaban J connectivity index is 2.53. The van der Waals surface area contributed by atoms with E-state index in [1.54, 1.807) is 22.1 Å². The van der Waals surface area contributed by atoms with Gasteiger partial charge in [0.25, 0.3) is 0 Å². The molecular weight excluding hydrogens is 230 g/mol. The average Bonchev–Trinajstić information content (AvgIpc) is 2.64. The van der Waals surface area contributed by atoms with E-state index in [-0.39, 0.29) is 4.75 Å². The summed E-state index contributed by atoms with van der Waals surface area (Å²) in [5.41, 5.74) is 4.27. The summed E-state index contributed by atoms with van der Waals surface area (Å²) in [4.78, 5) is 4.26. The summed E-state index contributed by atoms with van der Waals surface area (Å²) < 4.78 is 1.30. The van der Waals surface area contributed by atoms with Crippen LogP contribution in [0.5, 0.6) is 0 Å². The molecule has 0 unspecified atom stereocenters. The molecular formula is C10H11NS3. The second-order valence-corrected chi connectivity index (χ2v) is 6.27. The van der Waals surface area contributed by atoms with Crippen molar-refractivity contribution in [3.8, 4) is 0 Å². The Kier molecular flexibility index (Phi) is 2.77. The number of nitrogens with zero attached hydrogens (tertiary/aromatic N) is 1. The summed E-state index contributed by atoms with van der Waals surface area (Å²) in [6, 6.07) is 6.41. The van der Waals surface area contributed by atoms with Gasteiger partial charge in [0, 0.05) is 4.75 Å². The molecule has 0 atom stereocenters. The minimum absolute atomic E-state index is 0.0568. The predicted molar refractivity (Wildman–Crippen MR) is 69.2 cm³/mol. The lowest BCUT2D eigenvalue weighted by molar-refractivity contribution is 0.791.